The lowest BCUT2D eigenvalue weighted by Crippen LogP contribution is -2.51. The fourth-order valence-electron chi connectivity index (χ4n) is 9.29. The Balaban J connectivity index is 1.45. The largest absolute Gasteiger partial charge is 0.458 e. The number of ether oxygens (including phenoxy) is 1. The van der Waals surface area contributed by atoms with Crippen LogP contribution in [0.3, 0.4) is 0 Å². The second-order valence-electron chi connectivity index (χ2n) is 13.2. The number of carbonyl (C=O) groups is 3. The summed E-state index contributed by atoms with van der Waals surface area (Å²) in [5.41, 5.74) is 5.60. The molecular formula is C36H43NO4. The number of hydrogen-bond acceptors (Lipinski definition) is 5. The van der Waals surface area contributed by atoms with Gasteiger partial charge in [0, 0.05) is 38.0 Å². The van der Waals surface area contributed by atoms with Gasteiger partial charge in [0.2, 0.25) is 0 Å². The van der Waals surface area contributed by atoms with Crippen molar-refractivity contribution in [2.75, 3.05) is 24.6 Å². The third-order valence-electron chi connectivity index (χ3n) is 11.2. The number of benzene rings is 1. The Kier molecular flexibility index (Phi) is 7.47. The molecule has 3 fully saturated rings. The summed E-state index contributed by atoms with van der Waals surface area (Å²) >= 11 is 0. The lowest BCUT2D eigenvalue weighted by atomic mass is 9.48. The first-order chi connectivity index (χ1) is 19.8. The zero-order chi connectivity index (χ0) is 28.8. The van der Waals surface area contributed by atoms with Crippen molar-refractivity contribution in [1.82, 2.24) is 0 Å². The standard InChI is InChI=1S/C36H43NO4/c1-4-17-36(33(40)23-41-24(2)38)18-16-32-30-14-10-26-21-28(39)13-15-29(26)34(30)31(22-35(32,36)3)25-8-11-27(12-9-25)37-19-6-5-7-20-37/h8-9,11-12,21,30-32H,5-7,10,13-16,18-20,22-23H2,1-3H3/t30-,31?,32-,35-,36+/m0/s1. The topological polar surface area (TPSA) is 63.7 Å². The summed E-state index contributed by atoms with van der Waals surface area (Å²) in [5.74, 6) is 7.18. The van der Waals surface area contributed by atoms with Crippen LogP contribution in [0.15, 0.2) is 47.1 Å². The molecule has 1 aromatic rings. The van der Waals surface area contributed by atoms with Crippen molar-refractivity contribution >= 4 is 23.2 Å². The van der Waals surface area contributed by atoms with Gasteiger partial charge in [-0.25, -0.2) is 0 Å². The van der Waals surface area contributed by atoms with Gasteiger partial charge in [0.15, 0.2) is 18.2 Å². The molecule has 1 saturated heterocycles. The smallest absolute Gasteiger partial charge is 0.303 e. The number of anilines is 1. The molecule has 216 valence electrons. The van der Waals surface area contributed by atoms with Gasteiger partial charge in [0.25, 0.3) is 0 Å². The van der Waals surface area contributed by atoms with Crippen LogP contribution in [0.5, 0.6) is 0 Å². The van der Waals surface area contributed by atoms with E-state index in [-0.39, 0.29) is 29.5 Å². The van der Waals surface area contributed by atoms with Gasteiger partial charge in [-0.15, -0.1) is 5.92 Å². The number of piperidine rings is 1. The van der Waals surface area contributed by atoms with E-state index < -0.39 is 11.4 Å². The molecule has 6 rings (SSSR count). The Morgan fingerprint density at radius 1 is 1.05 bits per heavy atom. The second kappa shape index (κ2) is 10.9. The van der Waals surface area contributed by atoms with Crippen molar-refractivity contribution in [2.45, 2.75) is 90.9 Å². The predicted molar refractivity (Wildman–Crippen MR) is 160 cm³/mol. The van der Waals surface area contributed by atoms with Crippen molar-refractivity contribution in [1.29, 1.82) is 0 Å². The third kappa shape index (κ3) is 4.68. The molecule has 1 unspecified atom stereocenters. The van der Waals surface area contributed by atoms with Crippen LogP contribution in [0, 0.1) is 34.5 Å². The highest BCUT2D eigenvalue weighted by Crippen LogP contribution is 2.69. The van der Waals surface area contributed by atoms with E-state index in [0.717, 1.165) is 45.2 Å². The van der Waals surface area contributed by atoms with E-state index in [1.165, 1.54) is 54.2 Å². The van der Waals surface area contributed by atoms with E-state index in [1.807, 2.05) is 13.0 Å². The normalized spacial score (nSPS) is 32.7. The summed E-state index contributed by atoms with van der Waals surface area (Å²) in [6.45, 7) is 7.49. The summed E-state index contributed by atoms with van der Waals surface area (Å²) in [6, 6.07) is 9.22. The molecule has 0 aromatic heterocycles. The van der Waals surface area contributed by atoms with Crippen LogP contribution in [-0.2, 0) is 19.1 Å². The average Bonchev–Trinajstić information content (AvgIpc) is 3.28. The summed E-state index contributed by atoms with van der Waals surface area (Å²) in [6.07, 6.45) is 11.5. The molecule has 41 heavy (non-hydrogen) atoms. The summed E-state index contributed by atoms with van der Waals surface area (Å²) in [7, 11) is 0. The molecule has 0 bridgehead atoms. The van der Waals surface area contributed by atoms with Crippen LogP contribution in [0.25, 0.3) is 0 Å². The monoisotopic (exact) mass is 553 g/mol. The molecule has 1 heterocycles. The molecule has 5 heteroatoms. The fraction of sp³-hybridized carbons (Fsp3) is 0.583. The van der Waals surface area contributed by atoms with Gasteiger partial charge in [-0.3, -0.25) is 14.4 Å². The minimum Gasteiger partial charge on any atom is -0.458 e. The van der Waals surface area contributed by atoms with Crippen LogP contribution in [0.4, 0.5) is 5.69 Å². The number of nitrogens with zero attached hydrogens (tertiary/aromatic N) is 1. The van der Waals surface area contributed by atoms with Crippen LogP contribution < -0.4 is 4.90 Å². The average molecular weight is 554 g/mol. The van der Waals surface area contributed by atoms with Crippen molar-refractivity contribution < 1.29 is 19.1 Å². The number of esters is 1. The van der Waals surface area contributed by atoms with Gasteiger partial charge in [-0.1, -0.05) is 30.6 Å². The number of hydrogen-bond donors (Lipinski definition) is 0. The second-order valence-corrected chi connectivity index (χ2v) is 13.2. The van der Waals surface area contributed by atoms with E-state index in [2.05, 4.69) is 47.9 Å². The predicted octanol–water partition coefficient (Wildman–Crippen LogP) is 6.72. The molecular weight excluding hydrogens is 510 g/mol. The number of ketones is 2. The minimum atomic E-state index is -0.831. The highest BCUT2D eigenvalue weighted by Gasteiger charge is 2.65. The van der Waals surface area contributed by atoms with Gasteiger partial charge in [0.05, 0.1) is 5.41 Å². The van der Waals surface area contributed by atoms with Crippen LogP contribution in [-0.4, -0.2) is 37.2 Å². The van der Waals surface area contributed by atoms with E-state index in [9.17, 15) is 14.4 Å². The quantitative estimate of drug-likeness (QED) is 0.299. The number of rotatable bonds is 5. The maximum Gasteiger partial charge on any atom is 0.303 e. The molecule has 0 spiro atoms. The zero-order valence-electron chi connectivity index (χ0n) is 24.9. The third-order valence-corrected chi connectivity index (χ3v) is 11.2. The van der Waals surface area contributed by atoms with Crippen LogP contribution in [0.2, 0.25) is 0 Å². The molecule has 5 atom stereocenters. The van der Waals surface area contributed by atoms with Crippen LogP contribution in [0.1, 0.15) is 96.5 Å². The molecule has 2 saturated carbocycles. The summed E-state index contributed by atoms with van der Waals surface area (Å²) < 4.78 is 5.27. The minimum absolute atomic E-state index is 0.0537. The van der Waals surface area contributed by atoms with E-state index in [4.69, 9.17) is 4.74 Å². The molecule has 0 amide bonds. The lowest BCUT2D eigenvalue weighted by molar-refractivity contribution is -0.150. The lowest BCUT2D eigenvalue weighted by Gasteiger charge is -2.54. The Morgan fingerprint density at radius 2 is 1.80 bits per heavy atom. The Labute approximate surface area is 244 Å². The first kappa shape index (κ1) is 28.0. The number of fused-ring (bicyclic) bond motifs is 4. The fourth-order valence-corrected chi connectivity index (χ4v) is 9.29. The highest BCUT2D eigenvalue weighted by molar-refractivity contribution is 5.93. The zero-order valence-corrected chi connectivity index (χ0v) is 24.9. The molecule has 5 aliphatic rings. The summed E-state index contributed by atoms with van der Waals surface area (Å²) in [5, 5.41) is 0. The Morgan fingerprint density at radius 3 is 2.51 bits per heavy atom. The first-order valence-electron chi connectivity index (χ1n) is 15.7. The van der Waals surface area contributed by atoms with Crippen molar-refractivity contribution in [2.24, 2.45) is 22.7 Å². The van der Waals surface area contributed by atoms with E-state index in [1.54, 1.807) is 0 Å². The first-order valence-corrected chi connectivity index (χ1v) is 15.7. The molecule has 0 N–H and O–H groups in total. The van der Waals surface area contributed by atoms with Gasteiger partial charge in [0.1, 0.15) is 0 Å². The number of allylic oxidation sites excluding steroid dienone is 4. The van der Waals surface area contributed by atoms with Gasteiger partial charge >= 0.3 is 5.97 Å². The molecule has 0 radical (unpaired) electrons. The number of Topliss-reactive ketones (excluding diaryl/α,β-unsaturated/α-hetero) is 1. The molecule has 1 aliphatic heterocycles. The Bertz CT molecular complexity index is 1370. The molecule has 1 aromatic carbocycles. The van der Waals surface area contributed by atoms with Gasteiger partial charge in [-0.2, -0.15) is 0 Å². The molecule has 5 nitrogen and oxygen atoms in total. The van der Waals surface area contributed by atoms with E-state index in [0.29, 0.717) is 24.7 Å². The van der Waals surface area contributed by atoms with Crippen molar-refractivity contribution in [3.05, 3.63) is 52.6 Å². The van der Waals surface area contributed by atoms with Gasteiger partial charge < -0.3 is 9.64 Å². The summed E-state index contributed by atoms with van der Waals surface area (Å²) in [4.78, 5) is 40.5. The SMILES string of the molecule is CC#C[C@]1(C(=O)COC(C)=O)CC[C@H]2[C@@H]3CCC4=CC(=O)CCC4=C3C(c3ccc(N4CCCCC4)cc3)C[C@@]21C. The van der Waals surface area contributed by atoms with E-state index >= 15 is 0 Å². The van der Waals surface area contributed by atoms with Crippen molar-refractivity contribution in [3.63, 3.8) is 0 Å². The maximum atomic E-state index is 14.0. The van der Waals surface area contributed by atoms with Gasteiger partial charge in [-0.05, 0) is 117 Å². The van der Waals surface area contributed by atoms with Crippen molar-refractivity contribution in [3.8, 4) is 11.8 Å². The maximum absolute atomic E-state index is 14.0. The molecule has 4 aliphatic carbocycles. The van der Waals surface area contributed by atoms with Crippen LogP contribution >= 0.6 is 0 Å². The highest BCUT2D eigenvalue weighted by atomic mass is 16.5. The Hall–Kier alpha value is -3.13. The number of carbonyl (C=O) groups excluding carboxylic acids is 3.